The third kappa shape index (κ3) is 3.35. The minimum atomic E-state index is -3.52. The summed E-state index contributed by atoms with van der Waals surface area (Å²) in [7, 11) is -0.482. The summed E-state index contributed by atoms with van der Waals surface area (Å²) in [6, 6.07) is 9.97. The number of aromatic carboxylic acids is 1. The number of carboxylic acid groups (broad SMARTS) is 1. The van der Waals surface area contributed by atoms with Crippen molar-refractivity contribution in [3.8, 4) is 11.3 Å². The van der Waals surface area contributed by atoms with Gasteiger partial charge in [0, 0.05) is 32.4 Å². The molecule has 1 atom stereocenters. The van der Waals surface area contributed by atoms with Gasteiger partial charge in [-0.05, 0) is 36.6 Å². The van der Waals surface area contributed by atoms with E-state index in [9.17, 15) is 18.3 Å². The van der Waals surface area contributed by atoms with Crippen LogP contribution in [-0.4, -0.2) is 53.7 Å². The van der Waals surface area contributed by atoms with Crippen molar-refractivity contribution in [3.63, 3.8) is 0 Å². The van der Waals surface area contributed by atoms with Crippen LogP contribution in [0.5, 0.6) is 0 Å². The van der Waals surface area contributed by atoms with E-state index in [0.717, 1.165) is 18.4 Å². The van der Waals surface area contributed by atoms with Gasteiger partial charge in [0.25, 0.3) is 10.2 Å². The van der Waals surface area contributed by atoms with Crippen LogP contribution in [0, 0.1) is 0 Å². The number of hydrogen-bond acceptors (Lipinski definition) is 4. The van der Waals surface area contributed by atoms with Gasteiger partial charge in [-0.25, -0.2) is 4.79 Å². The molecule has 1 aliphatic rings. The number of pyridine rings is 1. The maximum atomic E-state index is 12.6. The number of carbonyl (C=O) groups is 1. The highest BCUT2D eigenvalue weighted by molar-refractivity contribution is 7.86. The van der Waals surface area contributed by atoms with Gasteiger partial charge in [0.15, 0.2) is 0 Å². The molecule has 138 valence electrons. The molecule has 0 unspecified atom stereocenters. The van der Waals surface area contributed by atoms with Crippen LogP contribution in [0.3, 0.4) is 0 Å². The number of rotatable bonds is 5. The summed E-state index contributed by atoms with van der Waals surface area (Å²) in [5, 5.41) is 9.40. The normalized spacial score (nSPS) is 18.3. The van der Waals surface area contributed by atoms with E-state index in [0.29, 0.717) is 17.8 Å². The van der Waals surface area contributed by atoms with Crippen molar-refractivity contribution in [1.82, 2.24) is 13.6 Å². The first-order valence-electron chi connectivity index (χ1n) is 8.30. The third-order valence-electron chi connectivity index (χ3n) is 4.56. The predicted molar refractivity (Wildman–Crippen MR) is 97.9 cm³/mol. The number of nitrogens with zero attached hydrogens (tertiary/aromatic N) is 3. The van der Waals surface area contributed by atoms with Crippen LogP contribution in [0.15, 0.2) is 42.6 Å². The maximum absolute atomic E-state index is 12.6. The molecule has 0 saturated carbocycles. The topological polar surface area (TPSA) is 90.8 Å². The monoisotopic (exact) mass is 375 g/mol. The van der Waals surface area contributed by atoms with Crippen LogP contribution < -0.4 is 0 Å². The Bertz CT molecular complexity index is 928. The quantitative estimate of drug-likeness (QED) is 0.866. The summed E-state index contributed by atoms with van der Waals surface area (Å²) < 4.78 is 27.9. The number of carboxylic acids is 1. The minimum absolute atomic E-state index is 0.168. The molecule has 0 amide bonds. The van der Waals surface area contributed by atoms with Crippen molar-refractivity contribution >= 4 is 16.2 Å². The summed E-state index contributed by atoms with van der Waals surface area (Å²) in [6.45, 7) is 0.467. The molecule has 1 N–H and O–H groups in total. The van der Waals surface area contributed by atoms with Crippen molar-refractivity contribution in [3.05, 3.63) is 53.7 Å². The largest absolute Gasteiger partial charge is 0.478 e. The van der Waals surface area contributed by atoms with Crippen molar-refractivity contribution < 1.29 is 18.3 Å². The highest BCUT2D eigenvalue weighted by Gasteiger charge is 2.36. The summed E-state index contributed by atoms with van der Waals surface area (Å²) in [5.41, 5.74) is 2.02. The van der Waals surface area contributed by atoms with Crippen LogP contribution in [0.2, 0.25) is 0 Å². The highest BCUT2D eigenvalue weighted by atomic mass is 32.2. The molecule has 26 heavy (non-hydrogen) atoms. The van der Waals surface area contributed by atoms with E-state index in [1.54, 1.807) is 36.5 Å². The molecule has 2 aromatic rings. The van der Waals surface area contributed by atoms with Crippen molar-refractivity contribution in [1.29, 1.82) is 0 Å². The lowest BCUT2D eigenvalue weighted by atomic mass is 10.00. The average molecular weight is 375 g/mol. The van der Waals surface area contributed by atoms with E-state index < -0.39 is 16.2 Å². The van der Waals surface area contributed by atoms with Gasteiger partial charge in [0.2, 0.25) is 0 Å². The fourth-order valence-electron chi connectivity index (χ4n) is 3.25. The zero-order chi connectivity index (χ0) is 18.9. The lowest BCUT2D eigenvalue weighted by Crippen LogP contribution is -2.39. The second-order valence-corrected chi connectivity index (χ2v) is 8.48. The summed E-state index contributed by atoms with van der Waals surface area (Å²) in [4.78, 5) is 15.8. The predicted octanol–water partition coefficient (Wildman–Crippen LogP) is 2.39. The molecule has 1 aromatic heterocycles. The molecule has 3 rings (SSSR count). The second-order valence-electron chi connectivity index (χ2n) is 6.38. The van der Waals surface area contributed by atoms with Gasteiger partial charge in [-0.3, -0.25) is 4.98 Å². The van der Waals surface area contributed by atoms with Gasteiger partial charge >= 0.3 is 5.97 Å². The van der Waals surface area contributed by atoms with Crippen LogP contribution in [0.1, 0.15) is 34.8 Å². The fourth-order valence-corrected chi connectivity index (χ4v) is 4.58. The van der Waals surface area contributed by atoms with Gasteiger partial charge in [-0.2, -0.15) is 17.0 Å². The molecule has 8 heteroatoms. The molecule has 1 aromatic carbocycles. The maximum Gasteiger partial charge on any atom is 0.336 e. The molecule has 0 radical (unpaired) electrons. The molecule has 1 aliphatic heterocycles. The van der Waals surface area contributed by atoms with E-state index in [1.165, 1.54) is 28.8 Å². The Morgan fingerprint density at radius 1 is 1.27 bits per heavy atom. The third-order valence-corrected chi connectivity index (χ3v) is 6.52. The smallest absolute Gasteiger partial charge is 0.336 e. The summed E-state index contributed by atoms with van der Waals surface area (Å²) in [6.07, 6.45) is 3.10. The summed E-state index contributed by atoms with van der Waals surface area (Å²) >= 11 is 0. The van der Waals surface area contributed by atoms with Crippen LogP contribution in [0.25, 0.3) is 11.3 Å². The molecule has 2 heterocycles. The van der Waals surface area contributed by atoms with Gasteiger partial charge in [-0.15, -0.1) is 0 Å². The van der Waals surface area contributed by atoms with Crippen LogP contribution >= 0.6 is 0 Å². The molecule has 0 aliphatic carbocycles. The molecule has 7 nitrogen and oxygen atoms in total. The zero-order valence-corrected chi connectivity index (χ0v) is 15.5. The Hall–Kier alpha value is -2.29. The van der Waals surface area contributed by atoms with E-state index >= 15 is 0 Å². The standard InChI is InChI=1S/C18H21N3O4S/c1-20(2)26(24,25)21-11-5-8-17(21)13-9-10-19-16(12-13)14-6-3-4-7-15(14)18(22)23/h3-4,6-7,9-10,12,17H,5,8,11H2,1-2H3,(H,22,23)/t17-/m0/s1. The first-order valence-corrected chi connectivity index (χ1v) is 9.70. The molecule has 1 saturated heterocycles. The number of benzene rings is 1. The van der Waals surface area contributed by atoms with Crippen molar-refractivity contribution in [2.24, 2.45) is 0 Å². The van der Waals surface area contributed by atoms with Crippen LogP contribution in [-0.2, 0) is 10.2 Å². The Balaban J connectivity index is 2.02. The first-order chi connectivity index (χ1) is 12.3. The van der Waals surface area contributed by atoms with E-state index in [4.69, 9.17) is 0 Å². The minimum Gasteiger partial charge on any atom is -0.478 e. The van der Waals surface area contributed by atoms with Gasteiger partial charge in [-0.1, -0.05) is 18.2 Å². The second kappa shape index (κ2) is 7.14. The Morgan fingerprint density at radius 2 is 2.00 bits per heavy atom. The first kappa shape index (κ1) is 18.5. The molecular formula is C18H21N3O4S. The Labute approximate surface area is 153 Å². The average Bonchev–Trinajstić information content (AvgIpc) is 3.12. The van der Waals surface area contributed by atoms with E-state index in [1.807, 2.05) is 0 Å². The molecule has 1 fully saturated rings. The van der Waals surface area contributed by atoms with E-state index in [2.05, 4.69) is 4.98 Å². The van der Waals surface area contributed by atoms with Gasteiger partial charge < -0.3 is 5.11 Å². The lowest BCUT2D eigenvalue weighted by molar-refractivity contribution is 0.0697. The molecular weight excluding hydrogens is 354 g/mol. The van der Waals surface area contributed by atoms with Gasteiger partial charge in [0.1, 0.15) is 0 Å². The molecule has 0 spiro atoms. The molecule has 0 bridgehead atoms. The number of aromatic nitrogens is 1. The highest BCUT2D eigenvalue weighted by Crippen LogP contribution is 2.36. The Morgan fingerprint density at radius 3 is 2.69 bits per heavy atom. The fraction of sp³-hybridized carbons (Fsp3) is 0.333. The lowest BCUT2D eigenvalue weighted by Gasteiger charge is -2.27. The Kier molecular flexibility index (Phi) is 5.08. The van der Waals surface area contributed by atoms with Crippen molar-refractivity contribution in [2.45, 2.75) is 18.9 Å². The zero-order valence-electron chi connectivity index (χ0n) is 14.7. The number of hydrogen-bond donors (Lipinski definition) is 1. The van der Waals surface area contributed by atoms with Crippen LogP contribution in [0.4, 0.5) is 0 Å². The SMILES string of the molecule is CN(C)S(=O)(=O)N1CCC[C@H]1c1ccnc(-c2ccccc2C(=O)O)c1. The van der Waals surface area contributed by atoms with Gasteiger partial charge in [0.05, 0.1) is 17.3 Å². The van der Waals surface area contributed by atoms with E-state index in [-0.39, 0.29) is 11.6 Å². The van der Waals surface area contributed by atoms with Crippen molar-refractivity contribution in [2.75, 3.05) is 20.6 Å². The summed E-state index contributed by atoms with van der Waals surface area (Å²) in [5.74, 6) is -1.02.